The molecule has 0 aliphatic carbocycles. The molecule has 0 saturated heterocycles. The summed E-state index contributed by atoms with van der Waals surface area (Å²) in [5, 5.41) is 11.7. The van der Waals surface area contributed by atoms with E-state index in [0.29, 0.717) is 34.6 Å². The first-order chi connectivity index (χ1) is 16.0. The summed E-state index contributed by atoms with van der Waals surface area (Å²) in [4.78, 5) is 39.4. The molecule has 0 spiro atoms. The average Bonchev–Trinajstić information content (AvgIpc) is 3.12. The predicted molar refractivity (Wildman–Crippen MR) is 122 cm³/mol. The number of nitro benzene ring substituents is 1. The fraction of sp³-hybridized carbons (Fsp3) is 0.120. The zero-order chi connectivity index (χ0) is 23.1. The highest BCUT2D eigenvalue weighted by Gasteiger charge is 2.44. The van der Waals surface area contributed by atoms with Crippen molar-refractivity contribution in [1.82, 2.24) is 0 Å². The molecule has 33 heavy (non-hydrogen) atoms. The zero-order valence-corrected chi connectivity index (χ0v) is 17.6. The molecule has 0 bridgehead atoms. The van der Waals surface area contributed by atoms with E-state index in [4.69, 9.17) is 9.15 Å². The minimum absolute atomic E-state index is 0.0657. The number of nitro groups is 1. The summed E-state index contributed by atoms with van der Waals surface area (Å²) in [5.74, 6) is 0.0786. The fourth-order valence-corrected chi connectivity index (χ4v) is 4.18. The molecule has 0 radical (unpaired) electrons. The number of hydrogen-bond donors (Lipinski definition) is 0. The molecule has 1 atom stereocenters. The molecule has 3 aromatic carbocycles. The zero-order valence-electron chi connectivity index (χ0n) is 17.6. The third kappa shape index (κ3) is 3.32. The number of anilines is 1. The van der Waals surface area contributed by atoms with Crippen LogP contribution in [0.2, 0.25) is 0 Å². The quantitative estimate of drug-likeness (QED) is 0.323. The first kappa shape index (κ1) is 20.4. The van der Waals surface area contributed by atoms with E-state index in [2.05, 4.69) is 0 Å². The first-order valence-corrected chi connectivity index (χ1v) is 10.4. The maximum Gasteiger partial charge on any atom is 0.295 e. The lowest BCUT2D eigenvalue weighted by Crippen LogP contribution is -2.29. The largest absolute Gasteiger partial charge is 0.494 e. The molecule has 1 aromatic heterocycles. The average molecular weight is 442 g/mol. The molecule has 5 rings (SSSR count). The first-order valence-electron chi connectivity index (χ1n) is 10.4. The second kappa shape index (κ2) is 7.90. The van der Waals surface area contributed by atoms with Crippen molar-refractivity contribution in [2.45, 2.75) is 13.0 Å². The molecule has 2 heterocycles. The van der Waals surface area contributed by atoms with Crippen LogP contribution in [0.5, 0.6) is 5.75 Å². The van der Waals surface area contributed by atoms with Crippen molar-refractivity contribution < 1.29 is 18.9 Å². The summed E-state index contributed by atoms with van der Waals surface area (Å²) >= 11 is 0. The molecule has 8 heteroatoms. The Morgan fingerprint density at radius 2 is 1.79 bits per heavy atom. The summed E-state index contributed by atoms with van der Waals surface area (Å²) in [5.41, 5.74) is 0.937. The van der Waals surface area contributed by atoms with Crippen molar-refractivity contribution in [2.75, 3.05) is 11.5 Å². The normalized spacial score (nSPS) is 15.0. The van der Waals surface area contributed by atoms with Gasteiger partial charge in [-0.05, 0) is 48.9 Å². The van der Waals surface area contributed by atoms with Gasteiger partial charge in [-0.2, -0.15) is 0 Å². The van der Waals surface area contributed by atoms with Crippen molar-refractivity contribution in [2.24, 2.45) is 0 Å². The van der Waals surface area contributed by atoms with Crippen molar-refractivity contribution in [3.63, 3.8) is 0 Å². The summed E-state index contributed by atoms with van der Waals surface area (Å²) < 4.78 is 11.4. The van der Waals surface area contributed by atoms with E-state index in [-0.39, 0.29) is 22.4 Å². The number of non-ortho nitro benzene ring substituents is 1. The molecular formula is C25H18N2O6. The van der Waals surface area contributed by atoms with E-state index in [1.165, 1.54) is 23.1 Å². The molecule has 4 aromatic rings. The van der Waals surface area contributed by atoms with Crippen molar-refractivity contribution in [1.29, 1.82) is 0 Å². The van der Waals surface area contributed by atoms with Crippen LogP contribution >= 0.6 is 0 Å². The van der Waals surface area contributed by atoms with Gasteiger partial charge in [0.15, 0.2) is 5.43 Å². The molecule has 8 nitrogen and oxygen atoms in total. The highest BCUT2D eigenvalue weighted by atomic mass is 16.6. The molecule has 0 saturated carbocycles. The topological polar surface area (TPSA) is 103 Å². The Bertz CT molecular complexity index is 1460. The number of rotatable bonds is 5. The molecule has 164 valence electrons. The number of benzene rings is 3. The predicted octanol–water partition coefficient (Wildman–Crippen LogP) is 4.85. The molecule has 1 amide bonds. The highest BCUT2D eigenvalue weighted by Crippen LogP contribution is 2.42. The Morgan fingerprint density at radius 1 is 1.03 bits per heavy atom. The highest BCUT2D eigenvalue weighted by molar-refractivity contribution is 6.10. The van der Waals surface area contributed by atoms with Crippen LogP contribution in [-0.4, -0.2) is 17.4 Å². The van der Waals surface area contributed by atoms with Crippen molar-refractivity contribution >= 4 is 28.3 Å². The number of carbonyl (C=O) groups excluding carboxylic acids is 1. The van der Waals surface area contributed by atoms with E-state index in [9.17, 15) is 19.7 Å². The molecule has 1 unspecified atom stereocenters. The smallest absolute Gasteiger partial charge is 0.295 e. The van der Waals surface area contributed by atoms with E-state index in [1.54, 1.807) is 54.6 Å². The van der Waals surface area contributed by atoms with Crippen LogP contribution in [0.4, 0.5) is 11.4 Å². The van der Waals surface area contributed by atoms with Crippen molar-refractivity contribution in [3.8, 4) is 5.75 Å². The van der Waals surface area contributed by atoms with Gasteiger partial charge in [0, 0.05) is 17.8 Å². The summed E-state index contributed by atoms with van der Waals surface area (Å²) in [7, 11) is 0. The van der Waals surface area contributed by atoms with Crippen LogP contribution in [0, 0.1) is 10.1 Å². The maximum atomic E-state index is 13.5. The minimum Gasteiger partial charge on any atom is -0.494 e. The number of fused-ring (bicyclic) bond motifs is 2. The molecule has 1 aliphatic rings. The fourth-order valence-electron chi connectivity index (χ4n) is 4.18. The number of ether oxygens (including phenoxy) is 1. The third-order valence-electron chi connectivity index (χ3n) is 5.60. The van der Waals surface area contributed by atoms with Gasteiger partial charge in [-0.1, -0.05) is 24.3 Å². The summed E-state index contributed by atoms with van der Waals surface area (Å²) in [6, 6.07) is 18.6. The lowest BCUT2D eigenvalue weighted by molar-refractivity contribution is -0.384. The lowest BCUT2D eigenvalue weighted by atomic mass is 9.98. The Labute approximate surface area is 187 Å². The maximum absolute atomic E-state index is 13.5. The van der Waals surface area contributed by atoms with E-state index >= 15 is 0 Å². The van der Waals surface area contributed by atoms with Gasteiger partial charge in [-0.25, -0.2) is 0 Å². The van der Waals surface area contributed by atoms with Crippen LogP contribution in [-0.2, 0) is 0 Å². The van der Waals surface area contributed by atoms with Crippen LogP contribution in [0.25, 0.3) is 11.0 Å². The number of hydrogen-bond acceptors (Lipinski definition) is 6. The SMILES string of the molecule is CCOc1ccc(N2C(=O)c3oc4ccccc4c(=O)c3C2c2cccc([N+](=O)[O-])c2)cc1. The van der Waals surface area contributed by atoms with Crippen LogP contribution in [0.1, 0.15) is 34.6 Å². The number of amides is 1. The Kier molecular flexibility index (Phi) is 4.90. The second-order valence-corrected chi connectivity index (χ2v) is 7.53. The summed E-state index contributed by atoms with van der Waals surface area (Å²) in [6.07, 6.45) is 0. The van der Waals surface area contributed by atoms with Crippen molar-refractivity contribution in [3.05, 3.63) is 110 Å². The van der Waals surface area contributed by atoms with Gasteiger partial charge < -0.3 is 9.15 Å². The molecular weight excluding hydrogens is 424 g/mol. The van der Waals surface area contributed by atoms with E-state index in [0.717, 1.165) is 0 Å². The Hall–Kier alpha value is -4.46. The van der Waals surface area contributed by atoms with Gasteiger partial charge in [-0.3, -0.25) is 24.6 Å². The number of carbonyl (C=O) groups is 1. The molecule has 0 fully saturated rings. The van der Waals surface area contributed by atoms with Gasteiger partial charge in [0.25, 0.3) is 11.6 Å². The van der Waals surface area contributed by atoms with Gasteiger partial charge >= 0.3 is 0 Å². The Balaban J connectivity index is 1.75. The van der Waals surface area contributed by atoms with E-state index in [1.807, 2.05) is 6.92 Å². The number of nitrogens with zero attached hydrogens (tertiary/aromatic N) is 2. The summed E-state index contributed by atoms with van der Waals surface area (Å²) in [6.45, 7) is 2.36. The minimum atomic E-state index is -0.883. The standard InChI is InChI=1S/C25H18N2O6/c1-2-32-18-12-10-16(11-13-18)26-22(15-6-5-7-17(14-15)27(30)31)21-23(28)19-8-3-4-9-20(19)33-24(21)25(26)29/h3-14,22H,2H2,1H3. The van der Waals surface area contributed by atoms with Crippen LogP contribution in [0.3, 0.4) is 0 Å². The molecule has 0 N–H and O–H groups in total. The van der Waals surface area contributed by atoms with Gasteiger partial charge in [0.05, 0.1) is 28.5 Å². The third-order valence-corrected chi connectivity index (χ3v) is 5.60. The Morgan fingerprint density at radius 3 is 2.52 bits per heavy atom. The monoisotopic (exact) mass is 442 g/mol. The second-order valence-electron chi connectivity index (χ2n) is 7.53. The molecule has 1 aliphatic heterocycles. The lowest BCUT2D eigenvalue weighted by Gasteiger charge is -2.25. The number of para-hydroxylation sites is 1. The van der Waals surface area contributed by atoms with Gasteiger partial charge in [0.2, 0.25) is 5.76 Å². The van der Waals surface area contributed by atoms with Gasteiger partial charge in [-0.15, -0.1) is 0 Å². The van der Waals surface area contributed by atoms with Gasteiger partial charge in [0.1, 0.15) is 11.3 Å². The van der Waals surface area contributed by atoms with Crippen LogP contribution < -0.4 is 15.1 Å². The van der Waals surface area contributed by atoms with Crippen LogP contribution in [0.15, 0.2) is 82.0 Å². The van der Waals surface area contributed by atoms with E-state index < -0.39 is 16.9 Å².